The van der Waals surface area contributed by atoms with Gasteiger partial charge < -0.3 is 9.32 Å². The molecule has 0 unspecified atom stereocenters. The minimum absolute atomic E-state index is 0.204. The quantitative estimate of drug-likeness (QED) is 0.843. The van der Waals surface area contributed by atoms with Crippen LogP contribution < -0.4 is 0 Å². The van der Waals surface area contributed by atoms with Crippen LogP contribution in [0, 0.1) is 0 Å². The van der Waals surface area contributed by atoms with Crippen LogP contribution >= 0.6 is 0 Å². The first-order valence-electron chi connectivity index (χ1n) is 8.01. The molecular formula is C15H24N4O2. The molecule has 3 heterocycles. The number of aryl methyl sites for hydroxylation is 1. The molecule has 0 N–H and O–H groups in total. The van der Waals surface area contributed by atoms with Crippen molar-refractivity contribution in [1.82, 2.24) is 20.0 Å². The lowest BCUT2D eigenvalue weighted by molar-refractivity contribution is -0.130. The minimum Gasteiger partial charge on any atom is -0.424 e. The van der Waals surface area contributed by atoms with Crippen molar-refractivity contribution in [2.75, 3.05) is 13.1 Å². The number of carbonyl (C=O) groups is 1. The zero-order valence-electron chi connectivity index (χ0n) is 12.9. The molecule has 2 atom stereocenters. The fraction of sp³-hybridized carbons (Fsp3) is 0.800. The Kier molecular flexibility index (Phi) is 4.24. The molecule has 1 amide bonds. The second-order valence-electron chi connectivity index (χ2n) is 6.05. The van der Waals surface area contributed by atoms with Gasteiger partial charge in [0, 0.05) is 32.0 Å². The van der Waals surface area contributed by atoms with Gasteiger partial charge in [-0.2, -0.15) is 0 Å². The van der Waals surface area contributed by atoms with E-state index in [1.54, 1.807) is 6.92 Å². The molecule has 6 heteroatoms. The van der Waals surface area contributed by atoms with Gasteiger partial charge in [0.15, 0.2) is 0 Å². The summed E-state index contributed by atoms with van der Waals surface area (Å²) >= 11 is 0. The fourth-order valence-electron chi connectivity index (χ4n) is 3.74. The van der Waals surface area contributed by atoms with E-state index in [4.69, 9.17) is 4.42 Å². The largest absolute Gasteiger partial charge is 0.424 e. The Morgan fingerprint density at radius 2 is 1.90 bits per heavy atom. The van der Waals surface area contributed by atoms with Crippen LogP contribution in [0.3, 0.4) is 0 Å². The van der Waals surface area contributed by atoms with Crippen LogP contribution in [0.1, 0.15) is 51.3 Å². The molecule has 0 saturated carbocycles. The van der Waals surface area contributed by atoms with Gasteiger partial charge in [-0.1, -0.05) is 6.92 Å². The van der Waals surface area contributed by atoms with Crippen LogP contribution in [0.4, 0.5) is 0 Å². The van der Waals surface area contributed by atoms with Crippen LogP contribution in [-0.2, 0) is 17.8 Å². The molecule has 116 valence electrons. The predicted molar refractivity (Wildman–Crippen MR) is 77.5 cm³/mol. The zero-order chi connectivity index (χ0) is 14.8. The first-order chi connectivity index (χ1) is 10.2. The Balaban J connectivity index is 1.68. The summed E-state index contributed by atoms with van der Waals surface area (Å²) in [6.45, 7) is 6.36. The van der Waals surface area contributed by atoms with Crippen molar-refractivity contribution in [3.8, 4) is 0 Å². The molecule has 0 radical (unpaired) electrons. The van der Waals surface area contributed by atoms with Gasteiger partial charge in [0.1, 0.15) is 0 Å². The molecule has 6 nitrogen and oxygen atoms in total. The number of carbonyl (C=O) groups excluding carboxylic acids is 1. The summed E-state index contributed by atoms with van der Waals surface area (Å²) < 4.78 is 5.64. The molecule has 2 saturated heterocycles. The summed E-state index contributed by atoms with van der Waals surface area (Å²) in [7, 11) is 0. The van der Waals surface area contributed by atoms with E-state index in [2.05, 4.69) is 15.1 Å². The molecule has 1 aromatic rings. The standard InChI is InChI=1S/C15H24N4O2/c1-3-14-16-17-15(21-14)10-18-8-4-6-12(18)13-7-5-9-19(13)11(2)20/h12-13H,3-10H2,1-2H3/t12-,13+/m1/s1. The molecule has 2 aliphatic heterocycles. The second-order valence-corrected chi connectivity index (χ2v) is 6.05. The maximum absolute atomic E-state index is 11.8. The third kappa shape index (κ3) is 2.95. The highest BCUT2D eigenvalue weighted by Gasteiger charge is 2.39. The average Bonchev–Trinajstić information content (AvgIpc) is 3.18. The maximum Gasteiger partial charge on any atom is 0.230 e. The molecule has 2 aliphatic rings. The Morgan fingerprint density at radius 1 is 1.19 bits per heavy atom. The SMILES string of the molecule is CCc1nnc(CN2CCC[C@@H]2[C@@H]2CCCN2C(C)=O)o1. The topological polar surface area (TPSA) is 62.5 Å². The second kappa shape index (κ2) is 6.13. The van der Waals surface area contributed by atoms with Gasteiger partial charge in [0.25, 0.3) is 0 Å². The third-order valence-electron chi connectivity index (χ3n) is 4.71. The Morgan fingerprint density at radius 3 is 2.62 bits per heavy atom. The molecule has 0 aromatic carbocycles. The summed E-state index contributed by atoms with van der Waals surface area (Å²) in [6.07, 6.45) is 5.35. The normalized spacial score (nSPS) is 26.7. The van der Waals surface area contributed by atoms with E-state index in [0.29, 0.717) is 30.4 Å². The summed E-state index contributed by atoms with van der Waals surface area (Å²) in [5.74, 6) is 1.61. The number of nitrogens with zero attached hydrogens (tertiary/aromatic N) is 4. The number of likely N-dealkylation sites (tertiary alicyclic amines) is 2. The number of hydrogen-bond donors (Lipinski definition) is 0. The lowest BCUT2D eigenvalue weighted by atomic mass is 10.0. The Labute approximate surface area is 125 Å². The predicted octanol–water partition coefficient (Wildman–Crippen LogP) is 1.61. The highest BCUT2D eigenvalue weighted by atomic mass is 16.4. The molecule has 0 bridgehead atoms. The number of amides is 1. The van der Waals surface area contributed by atoms with Crippen LogP contribution in [0.5, 0.6) is 0 Å². The van der Waals surface area contributed by atoms with Gasteiger partial charge in [0.2, 0.25) is 17.7 Å². The average molecular weight is 292 g/mol. The van der Waals surface area contributed by atoms with Crippen LogP contribution in [-0.4, -0.2) is 51.1 Å². The van der Waals surface area contributed by atoms with Crippen LogP contribution in [0.2, 0.25) is 0 Å². The summed E-state index contributed by atoms with van der Waals surface area (Å²) in [5, 5.41) is 8.16. The van der Waals surface area contributed by atoms with Gasteiger partial charge in [-0.25, -0.2) is 0 Å². The van der Waals surface area contributed by atoms with Gasteiger partial charge in [-0.05, 0) is 32.2 Å². The van der Waals surface area contributed by atoms with E-state index >= 15 is 0 Å². The van der Waals surface area contributed by atoms with Crippen molar-refractivity contribution >= 4 is 5.91 Å². The molecule has 1 aromatic heterocycles. The maximum atomic E-state index is 11.8. The zero-order valence-corrected chi connectivity index (χ0v) is 12.9. The van der Waals surface area contributed by atoms with Crippen molar-refractivity contribution in [2.45, 2.75) is 64.6 Å². The van der Waals surface area contributed by atoms with E-state index in [-0.39, 0.29) is 5.91 Å². The third-order valence-corrected chi connectivity index (χ3v) is 4.71. The van der Waals surface area contributed by atoms with Gasteiger partial charge in [-0.3, -0.25) is 9.69 Å². The van der Waals surface area contributed by atoms with E-state index < -0.39 is 0 Å². The summed E-state index contributed by atoms with van der Waals surface area (Å²) in [4.78, 5) is 16.3. The van der Waals surface area contributed by atoms with Crippen molar-refractivity contribution in [1.29, 1.82) is 0 Å². The molecule has 3 rings (SSSR count). The van der Waals surface area contributed by atoms with E-state index in [1.165, 1.54) is 6.42 Å². The molecule has 2 fully saturated rings. The van der Waals surface area contributed by atoms with E-state index in [1.807, 2.05) is 11.8 Å². The first kappa shape index (κ1) is 14.5. The van der Waals surface area contributed by atoms with Crippen LogP contribution in [0.25, 0.3) is 0 Å². The first-order valence-corrected chi connectivity index (χ1v) is 8.01. The Bertz CT molecular complexity index is 502. The van der Waals surface area contributed by atoms with E-state index in [9.17, 15) is 4.79 Å². The number of rotatable bonds is 4. The molecule has 21 heavy (non-hydrogen) atoms. The van der Waals surface area contributed by atoms with Crippen molar-refractivity contribution in [3.05, 3.63) is 11.8 Å². The summed E-state index contributed by atoms with van der Waals surface area (Å²) in [6, 6.07) is 0.798. The summed E-state index contributed by atoms with van der Waals surface area (Å²) in [5.41, 5.74) is 0. The lowest BCUT2D eigenvalue weighted by Crippen LogP contribution is -2.47. The van der Waals surface area contributed by atoms with Crippen molar-refractivity contribution in [3.63, 3.8) is 0 Å². The molecular weight excluding hydrogens is 268 g/mol. The number of hydrogen-bond acceptors (Lipinski definition) is 5. The van der Waals surface area contributed by atoms with Gasteiger partial charge in [-0.15, -0.1) is 10.2 Å². The molecule has 0 aliphatic carbocycles. The highest BCUT2D eigenvalue weighted by molar-refractivity contribution is 5.74. The van der Waals surface area contributed by atoms with Crippen molar-refractivity contribution in [2.24, 2.45) is 0 Å². The Hall–Kier alpha value is -1.43. The number of aromatic nitrogens is 2. The fourth-order valence-corrected chi connectivity index (χ4v) is 3.74. The smallest absolute Gasteiger partial charge is 0.230 e. The minimum atomic E-state index is 0.204. The molecule has 0 spiro atoms. The van der Waals surface area contributed by atoms with E-state index in [0.717, 1.165) is 38.8 Å². The lowest BCUT2D eigenvalue weighted by Gasteiger charge is -2.34. The van der Waals surface area contributed by atoms with Crippen LogP contribution in [0.15, 0.2) is 4.42 Å². The monoisotopic (exact) mass is 292 g/mol. The van der Waals surface area contributed by atoms with Gasteiger partial charge in [0.05, 0.1) is 6.54 Å². The van der Waals surface area contributed by atoms with Gasteiger partial charge >= 0.3 is 0 Å². The van der Waals surface area contributed by atoms with Crippen molar-refractivity contribution < 1.29 is 9.21 Å². The highest BCUT2D eigenvalue weighted by Crippen LogP contribution is 2.30.